The van der Waals surface area contributed by atoms with Crippen LogP contribution in [0, 0.1) is 0 Å². The van der Waals surface area contributed by atoms with E-state index in [1.807, 2.05) is 18.8 Å². The summed E-state index contributed by atoms with van der Waals surface area (Å²) < 4.78 is 2.03. The molecule has 1 aliphatic carbocycles. The molecule has 18 heavy (non-hydrogen) atoms. The van der Waals surface area contributed by atoms with Crippen molar-refractivity contribution in [1.82, 2.24) is 9.78 Å². The molecule has 0 aromatic carbocycles. The van der Waals surface area contributed by atoms with Gasteiger partial charge in [0.05, 0.1) is 11.7 Å². The van der Waals surface area contributed by atoms with Gasteiger partial charge in [0, 0.05) is 32.6 Å². The van der Waals surface area contributed by atoms with Crippen LogP contribution in [-0.2, 0) is 11.3 Å². The van der Waals surface area contributed by atoms with Crippen molar-refractivity contribution in [1.29, 1.82) is 0 Å². The molecule has 0 amide bonds. The van der Waals surface area contributed by atoms with Crippen LogP contribution in [0.3, 0.4) is 0 Å². The molecule has 1 heterocycles. The molecule has 5 heteroatoms. The number of carbonyl (C=O) groups is 1. The van der Waals surface area contributed by atoms with Gasteiger partial charge < -0.3 is 15.4 Å². The molecule has 1 aromatic heterocycles. The number of carbonyl (C=O) groups excluding carboxylic acids is 1. The van der Waals surface area contributed by atoms with E-state index in [1.54, 1.807) is 0 Å². The molecule has 0 aliphatic heterocycles. The molecule has 1 atom stereocenters. The first kappa shape index (κ1) is 13.1. The smallest absolute Gasteiger partial charge is 0.136 e. The summed E-state index contributed by atoms with van der Waals surface area (Å²) in [7, 11) is 4.06. The molecular formula is C13H22N4O. The summed E-state index contributed by atoms with van der Waals surface area (Å²) in [6, 6.07) is 1.84. The zero-order valence-electron chi connectivity index (χ0n) is 11.2. The second-order valence-corrected chi connectivity index (χ2v) is 5.26. The summed E-state index contributed by atoms with van der Waals surface area (Å²) in [6.45, 7) is 0.821. The van der Waals surface area contributed by atoms with E-state index in [2.05, 4.69) is 16.1 Å². The number of anilines is 1. The number of aryl methyl sites for hydroxylation is 1. The van der Waals surface area contributed by atoms with E-state index in [9.17, 15) is 4.79 Å². The van der Waals surface area contributed by atoms with Gasteiger partial charge in [-0.25, -0.2) is 4.68 Å². The first-order valence-corrected chi connectivity index (χ1v) is 6.57. The third-order valence-corrected chi connectivity index (χ3v) is 3.31. The summed E-state index contributed by atoms with van der Waals surface area (Å²) in [5, 5.41) is 4.66. The Morgan fingerprint density at radius 2 is 2.33 bits per heavy atom. The third-order valence-electron chi connectivity index (χ3n) is 3.31. The van der Waals surface area contributed by atoms with E-state index in [-0.39, 0.29) is 6.04 Å². The standard InChI is InChI=1S/C13H22N4O/c1-16(2)13-8-12(10-5-6-10)15-17(13)7-3-4-11(14)9-18/h8-11H,3-7,14H2,1-2H3. The highest BCUT2D eigenvalue weighted by Gasteiger charge is 2.27. The van der Waals surface area contributed by atoms with Crippen molar-refractivity contribution >= 4 is 12.1 Å². The quantitative estimate of drug-likeness (QED) is 0.737. The topological polar surface area (TPSA) is 64.2 Å². The summed E-state index contributed by atoms with van der Waals surface area (Å²) in [4.78, 5) is 12.6. The van der Waals surface area contributed by atoms with Gasteiger partial charge in [-0.05, 0) is 25.7 Å². The summed E-state index contributed by atoms with van der Waals surface area (Å²) in [6.07, 6.45) is 4.94. The molecule has 5 nitrogen and oxygen atoms in total. The number of nitrogens with two attached hydrogens (primary N) is 1. The Labute approximate surface area is 108 Å². The van der Waals surface area contributed by atoms with E-state index < -0.39 is 0 Å². The molecule has 0 saturated heterocycles. The number of rotatable bonds is 7. The number of hydrogen-bond acceptors (Lipinski definition) is 4. The van der Waals surface area contributed by atoms with Gasteiger partial charge in [-0.1, -0.05) is 0 Å². The highest BCUT2D eigenvalue weighted by atomic mass is 16.1. The zero-order valence-corrected chi connectivity index (χ0v) is 11.2. The fourth-order valence-electron chi connectivity index (χ4n) is 2.07. The van der Waals surface area contributed by atoms with Gasteiger partial charge in [0.15, 0.2) is 0 Å². The number of nitrogens with zero attached hydrogens (tertiary/aromatic N) is 3. The summed E-state index contributed by atoms with van der Waals surface area (Å²) in [5.41, 5.74) is 6.80. The van der Waals surface area contributed by atoms with Crippen LogP contribution in [0.2, 0.25) is 0 Å². The van der Waals surface area contributed by atoms with Crippen molar-refractivity contribution in [3.8, 4) is 0 Å². The van der Waals surface area contributed by atoms with E-state index in [0.29, 0.717) is 5.92 Å². The molecule has 2 N–H and O–H groups in total. The van der Waals surface area contributed by atoms with E-state index >= 15 is 0 Å². The van der Waals surface area contributed by atoms with Crippen LogP contribution in [0.1, 0.15) is 37.3 Å². The van der Waals surface area contributed by atoms with Gasteiger partial charge in [0.1, 0.15) is 12.1 Å². The maximum Gasteiger partial charge on any atom is 0.136 e. The average Bonchev–Trinajstić information content (AvgIpc) is 3.10. The normalized spacial score (nSPS) is 16.6. The Morgan fingerprint density at radius 1 is 1.61 bits per heavy atom. The molecule has 2 rings (SSSR count). The predicted octanol–water partition coefficient (Wildman–Crippen LogP) is 1.13. The summed E-state index contributed by atoms with van der Waals surface area (Å²) in [5.74, 6) is 1.80. The number of aldehydes is 1. The van der Waals surface area contributed by atoms with Crippen LogP contribution < -0.4 is 10.6 Å². The molecule has 0 bridgehead atoms. The lowest BCUT2D eigenvalue weighted by Crippen LogP contribution is -2.22. The molecule has 1 aliphatic rings. The monoisotopic (exact) mass is 250 g/mol. The average molecular weight is 250 g/mol. The van der Waals surface area contributed by atoms with Gasteiger partial charge >= 0.3 is 0 Å². The lowest BCUT2D eigenvalue weighted by Gasteiger charge is -2.14. The largest absolute Gasteiger partial charge is 0.363 e. The Kier molecular flexibility index (Phi) is 4.01. The van der Waals surface area contributed by atoms with Gasteiger partial charge in [0.2, 0.25) is 0 Å². The van der Waals surface area contributed by atoms with Crippen molar-refractivity contribution in [2.24, 2.45) is 5.73 Å². The molecule has 1 unspecified atom stereocenters. The predicted molar refractivity (Wildman–Crippen MR) is 71.8 cm³/mol. The van der Waals surface area contributed by atoms with Crippen LogP contribution in [0.15, 0.2) is 6.07 Å². The molecule has 0 spiro atoms. The Balaban J connectivity index is 1.98. The maximum absolute atomic E-state index is 10.5. The minimum absolute atomic E-state index is 0.341. The second kappa shape index (κ2) is 5.52. The van der Waals surface area contributed by atoms with Gasteiger partial charge in [0.25, 0.3) is 0 Å². The zero-order chi connectivity index (χ0) is 13.1. The molecular weight excluding hydrogens is 228 g/mol. The minimum atomic E-state index is -0.341. The first-order chi connectivity index (χ1) is 8.61. The van der Waals surface area contributed by atoms with Crippen molar-refractivity contribution < 1.29 is 4.79 Å². The Morgan fingerprint density at radius 3 is 2.89 bits per heavy atom. The van der Waals surface area contributed by atoms with Crippen LogP contribution in [-0.4, -0.2) is 36.2 Å². The van der Waals surface area contributed by atoms with Crippen molar-refractivity contribution in [3.63, 3.8) is 0 Å². The molecule has 1 aromatic rings. The molecule has 1 saturated carbocycles. The van der Waals surface area contributed by atoms with Crippen molar-refractivity contribution in [2.45, 2.75) is 44.2 Å². The second-order valence-electron chi connectivity index (χ2n) is 5.26. The van der Waals surface area contributed by atoms with Crippen molar-refractivity contribution in [3.05, 3.63) is 11.8 Å². The molecule has 1 fully saturated rings. The van der Waals surface area contributed by atoms with Crippen LogP contribution >= 0.6 is 0 Å². The maximum atomic E-state index is 10.5. The van der Waals surface area contributed by atoms with Gasteiger partial charge in [-0.3, -0.25) is 0 Å². The highest BCUT2D eigenvalue weighted by Crippen LogP contribution is 2.40. The van der Waals surface area contributed by atoms with Gasteiger partial charge in [-0.2, -0.15) is 5.10 Å². The van der Waals surface area contributed by atoms with Crippen LogP contribution in [0.5, 0.6) is 0 Å². The van der Waals surface area contributed by atoms with E-state index in [1.165, 1.54) is 18.5 Å². The third kappa shape index (κ3) is 3.10. The van der Waals surface area contributed by atoms with Crippen LogP contribution in [0.25, 0.3) is 0 Å². The Bertz CT molecular complexity index is 409. The SMILES string of the molecule is CN(C)c1cc(C2CC2)nn1CCCC(N)C=O. The van der Waals surface area contributed by atoms with E-state index in [4.69, 9.17) is 5.73 Å². The fourth-order valence-corrected chi connectivity index (χ4v) is 2.07. The first-order valence-electron chi connectivity index (χ1n) is 6.57. The lowest BCUT2D eigenvalue weighted by atomic mass is 10.2. The minimum Gasteiger partial charge on any atom is -0.363 e. The van der Waals surface area contributed by atoms with Crippen molar-refractivity contribution in [2.75, 3.05) is 19.0 Å². The van der Waals surface area contributed by atoms with Crippen LogP contribution in [0.4, 0.5) is 5.82 Å². The van der Waals surface area contributed by atoms with E-state index in [0.717, 1.165) is 31.5 Å². The summed E-state index contributed by atoms with van der Waals surface area (Å²) >= 11 is 0. The fraction of sp³-hybridized carbons (Fsp3) is 0.692. The van der Waals surface area contributed by atoms with Gasteiger partial charge in [-0.15, -0.1) is 0 Å². The Hall–Kier alpha value is -1.36. The molecule has 0 radical (unpaired) electrons. The number of hydrogen-bond donors (Lipinski definition) is 1. The molecule has 100 valence electrons. The lowest BCUT2D eigenvalue weighted by molar-refractivity contribution is -0.109. The highest BCUT2D eigenvalue weighted by molar-refractivity contribution is 5.56. The number of aromatic nitrogens is 2.